The van der Waals surface area contributed by atoms with E-state index in [1.807, 2.05) is 12.1 Å². The summed E-state index contributed by atoms with van der Waals surface area (Å²) in [6.07, 6.45) is -0.0335. The molecule has 0 saturated carbocycles. The van der Waals surface area contributed by atoms with Crippen LogP contribution in [-0.2, 0) is 9.59 Å². The summed E-state index contributed by atoms with van der Waals surface area (Å²) in [6, 6.07) is 13.4. The Morgan fingerprint density at radius 2 is 1.90 bits per heavy atom. The zero-order valence-electron chi connectivity index (χ0n) is 15.9. The second kappa shape index (κ2) is 7.63. The molecule has 0 spiro atoms. The highest BCUT2D eigenvalue weighted by Crippen LogP contribution is 2.28. The number of fused-ring (bicyclic) bond motifs is 1. The average Bonchev–Trinajstić information content (AvgIpc) is 3.17. The van der Waals surface area contributed by atoms with Crippen LogP contribution in [-0.4, -0.2) is 40.8 Å². The molecule has 1 atom stereocenters. The second-order valence-corrected chi connectivity index (χ2v) is 6.42. The molecule has 1 aliphatic rings. The highest BCUT2D eigenvalue weighted by Gasteiger charge is 2.33. The first-order valence-electron chi connectivity index (χ1n) is 8.93. The van der Waals surface area contributed by atoms with E-state index < -0.39 is 6.04 Å². The number of ether oxygens (including phenoxy) is 2. The minimum atomic E-state index is -0.815. The first kappa shape index (κ1) is 18.5. The number of nitrogens with zero attached hydrogens (tertiary/aromatic N) is 3. The van der Waals surface area contributed by atoms with Crippen molar-refractivity contribution in [2.24, 2.45) is 0 Å². The number of benzene rings is 2. The summed E-state index contributed by atoms with van der Waals surface area (Å²) < 4.78 is 11.8. The molecule has 0 saturated heterocycles. The Morgan fingerprint density at radius 1 is 1.14 bits per heavy atom. The minimum absolute atomic E-state index is 0.0335. The van der Waals surface area contributed by atoms with Crippen LogP contribution in [0.1, 0.15) is 12.5 Å². The predicted molar refractivity (Wildman–Crippen MR) is 106 cm³/mol. The standard InChI is InChI=1S/C20H19N5O4/c1-28-14-8-6-12(7-9-14)18-23-20-22-17(26)11-16(25(20)24-18)19(27)21-13-4-3-5-15(10-13)29-2/h3-10,16H,11H2,1-2H3,(H,21,27)(H,22,23,24,26). The third kappa shape index (κ3) is 3.75. The van der Waals surface area contributed by atoms with E-state index in [-0.39, 0.29) is 24.2 Å². The van der Waals surface area contributed by atoms with Crippen molar-refractivity contribution in [2.75, 3.05) is 24.9 Å². The molecule has 148 valence electrons. The molecule has 9 nitrogen and oxygen atoms in total. The largest absolute Gasteiger partial charge is 0.497 e. The van der Waals surface area contributed by atoms with E-state index in [2.05, 4.69) is 20.7 Å². The molecule has 4 rings (SSSR count). The quantitative estimate of drug-likeness (QED) is 0.690. The van der Waals surface area contributed by atoms with Gasteiger partial charge in [-0.2, -0.15) is 4.98 Å². The number of aromatic nitrogens is 3. The van der Waals surface area contributed by atoms with Crippen molar-refractivity contribution in [3.63, 3.8) is 0 Å². The van der Waals surface area contributed by atoms with E-state index >= 15 is 0 Å². The Morgan fingerprint density at radius 3 is 2.62 bits per heavy atom. The Kier molecular flexibility index (Phi) is 4.86. The molecule has 1 aliphatic heterocycles. The number of carbonyl (C=O) groups is 2. The van der Waals surface area contributed by atoms with Crippen LogP contribution in [0.3, 0.4) is 0 Å². The van der Waals surface area contributed by atoms with Gasteiger partial charge in [-0.05, 0) is 36.4 Å². The molecule has 0 bridgehead atoms. The number of anilines is 2. The fourth-order valence-electron chi connectivity index (χ4n) is 3.06. The molecule has 0 fully saturated rings. The molecular weight excluding hydrogens is 374 g/mol. The minimum Gasteiger partial charge on any atom is -0.497 e. The van der Waals surface area contributed by atoms with Crippen molar-refractivity contribution in [3.8, 4) is 22.9 Å². The average molecular weight is 393 g/mol. The van der Waals surface area contributed by atoms with E-state index in [1.165, 1.54) is 4.68 Å². The van der Waals surface area contributed by atoms with Crippen molar-refractivity contribution < 1.29 is 19.1 Å². The van der Waals surface area contributed by atoms with Crippen LogP contribution in [0, 0.1) is 0 Å². The van der Waals surface area contributed by atoms with Crippen molar-refractivity contribution >= 4 is 23.5 Å². The number of carbonyl (C=O) groups excluding carboxylic acids is 2. The molecule has 0 radical (unpaired) electrons. The van der Waals surface area contributed by atoms with Gasteiger partial charge in [0.1, 0.15) is 17.5 Å². The van der Waals surface area contributed by atoms with E-state index in [9.17, 15) is 9.59 Å². The van der Waals surface area contributed by atoms with Gasteiger partial charge in [0.2, 0.25) is 17.8 Å². The summed E-state index contributed by atoms with van der Waals surface area (Å²) in [5.41, 5.74) is 1.31. The van der Waals surface area contributed by atoms with Gasteiger partial charge in [-0.1, -0.05) is 6.07 Å². The number of amides is 2. The van der Waals surface area contributed by atoms with E-state index in [1.54, 1.807) is 50.6 Å². The molecule has 2 aromatic carbocycles. The van der Waals surface area contributed by atoms with Crippen LogP contribution in [0.15, 0.2) is 48.5 Å². The highest BCUT2D eigenvalue weighted by atomic mass is 16.5. The van der Waals surface area contributed by atoms with Crippen LogP contribution < -0.4 is 20.1 Å². The molecule has 29 heavy (non-hydrogen) atoms. The zero-order valence-corrected chi connectivity index (χ0v) is 15.9. The molecule has 2 heterocycles. The summed E-state index contributed by atoms with van der Waals surface area (Å²) in [5, 5.41) is 9.93. The van der Waals surface area contributed by atoms with Crippen LogP contribution in [0.5, 0.6) is 11.5 Å². The smallest absolute Gasteiger partial charge is 0.249 e. The summed E-state index contributed by atoms with van der Waals surface area (Å²) in [6.45, 7) is 0. The van der Waals surface area contributed by atoms with E-state index in [0.717, 1.165) is 5.56 Å². The fourth-order valence-corrected chi connectivity index (χ4v) is 3.06. The van der Waals surface area contributed by atoms with Gasteiger partial charge < -0.3 is 14.8 Å². The normalized spacial score (nSPS) is 15.2. The number of hydrogen-bond donors (Lipinski definition) is 2. The summed E-state index contributed by atoms with van der Waals surface area (Å²) in [7, 11) is 3.14. The van der Waals surface area contributed by atoms with Crippen LogP contribution >= 0.6 is 0 Å². The molecule has 1 aromatic heterocycles. The lowest BCUT2D eigenvalue weighted by molar-refractivity contribution is -0.125. The monoisotopic (exact) mass is 393 g/mol. The van der Waals surface area contributed by atoms with Crippen molar-refractivity contribution in [1.82, 2.24) is 14.8 Å². The van der Waals surface area contributed by atoms with Crippen LogP contribution in [0.4, 0.5) is 11.6 Å². The van der Waals surface area contributed by atoms with Gasteiger partial charge in [0.25, 0.3) is 0 Å². The Bertz CT molecular complexity index is 1060. The molecule has 0 aliphatic carbocycles. The first-order valence-corrected chi connectivity index (χ1v) is 8.93. The number of rotatable bonds is 5. The first-order chi connectivity index (χ1) is 14.1. The zero-order chi connectivity index (χ0) is 20.4. The van der Waals surface area contributed by atoms with Gasteiger partial charge in [0.15, 0.2) is 5.82 Å². The number of methoxy groups -OCH3 is 2. The molecule has 2 N–H and O–H groups in total. The Balaban J connectivity index is 1.61. The summed E-state index contributed by atoms with van der Waals surface area (Å²) in [5.74, 6) is 1.31. The summed E-state index contributed by atoms with van der Waals surface area (Å²) >= 11 is 0. The summed E-state index contributed by atoms with van der Waals surface area (Å²) in [4.78, 5) is 29.4. The Hall–Kier alpha value is -3.88. The highest BCUT2D eigenvalue weighted by molar-refractivity contribution is 6.00. The predicted octanol–water partition coefficient (Wildman–Crippen LogP) is 2.48. The lowest BCUT2D eigenvalue weighted by Gasteiger charge is -2.22. The third-order valence-corrected chi connectivity index (χ3v) is 4.54. The number of nitrogens with one attached hydrogen (secondary N) is 2. The van der Waals surface area contributed by atoms with Crippen molar-refractivity contribution in [3.05, 3.63) is 48.5 Å². The van der Waals surface area contributed by atoms with E-state index in [0.29, 0.717) is 23.0 Å². The van der Waals surface area contributed by atoms with Gasteiger partial charge in [0, 0.05) is 17.3 Å². The number of hydrogen-bond acceptors (Lipinski definition) is 6. The van der Waals surface area contributed by atoms with Crippen molar-refractivity contribution in [2.45, 2.75) is 12.5 Å². The molecule has 9 heteroatoms. The molecule has 1 unspecified atom stereocenters. The molecule has 2 amide bonds. The van der Waals surface area contributed by atoms with Gasteiger partial charge in [-0.15, -0.1) is 5.10 Å². The van der Waals surface area contributed by atoms with Gasteiger partial charge in [-0.25, -0.2) is 4.68 Å². The molecular formula is C20H19N5O4. The van der Waals surface area contributed by atoms with Crippen LogP contribution in [0.25, 0.3) is 11.4 Å². The lowest BCUT2D eigenvalue weighted by Crippen LogP contribution is -2.36. The van der Waals surface area contributed by atoms with Gasteiger partial charge >= 0.3 is 0 Å². The van der Waals surface area contributed by atoms with Crippen LogP contribution in [0.2, 0.25) is 0 Å². The van der Waals surface area contributed by atoms with Gasteiger partial charge in [0.05, 0.1) is 20.6 Å². The Labute approximate surface area is 166 Å². The lowest BCUT2D eigenvalue weighted by atomic mass is 10.1. The fraction of sp³-hybridized carbons (Fsp3) is 0.200. The van der Waals surface area contributed by atoms with Crippen molar-refractivity contribution in [1.29, 1.82) is 0 Å². The second-order valence-electron chi connectivity index (χ2n) is 6.42. The topological polar surface area (TPSA) is 107 Å². The maximum absolute atomic E-state index is 12.9. The SMILES string of the molecule is COc1ccc(-c2nc3n(n2)C(C(=O)Nc2cccc(OC)c2)CC(=O)N3)cc1. The maximum Gasteiger partial charge on any atom is 0.249 e. The van der Waals surface area contributed by atoms with E-state index in [4.69, 9.17) is 9.47 Å². The third-order valence-electron chi connectivity index (χ3n) is 4.54. The van der Waals surface area contributed by atoms with Gasteiger partial charge in [-0.3, -0.25) is 14.9 Å². The maximum atomic E-state index is 12.9. The molecule has 3 aromatic rings.